The number of furan rings is 1. The van der Waals surface area contributed by atoms with E-state index in [4.69, 9.17) is 4.42 Å². The summed E-state index contributed by atoms with van der Waals surface area (Å²) in [6.07, 6.45) is 1.29. The zero-order valence-electron chi connectivity index (χ0n) is 14.5. The quantitative estimate of drug-likeness (QED) is 0.523. The van der Waals surface area contributed by atoms with E-state index >= 15 is 0 Å². The highest BCUT2D eigenvalue weighted by Gasteiger charge is 2.17. The molecule has 0 unspecified atom stereocenters. The second kappa shape index (κ2) is 7.49. The van der Waals surface area contributed by atoms with Crippen molar-refractivity contribution >= 4 is 23.6 Å². The van der Waals surface area contributed by atoms with E-state index in [1.54, 1.807) is 13.0 Å². The molecule has 2 aromatic rings. The van der Waals surface area contributed by atoms with Crippen molar-refractivity contribution in [3.8, 4) is 6.07 Å². The fraction of sp³-hybridized carbons (Fsp3) is 0.211. The number of anilines is 1. The van der Waals surface area contributed by atoms with Crippen molar-refractivity contribution in [1.82, 2.24) is 0 Å². The van der Waals surface area contributed by atoms with E-state index in [0.717, 1.165) is 11.1 Å². The van der Waals surface area contributed by atoms with E-state index in [1.165, 1.54) is 19.3 Å². The first kappa shape index (κ1) is 18.0. The van der Waals surface area contributed by atoms with E-state index in [1.807, 2.05) is 32.0 Å². The molecular weight excluding hydrogens is 320 g/mol. The van der Waals surface area contributed by atoms with Crippen LogP contribution in [0.4, 0.5) is 5.69 Å². The first-order valence-electron chi connectivity index (χ1n) is 7.55. The monoisotopic (exact) mass is 338 g/mol. The van der Waals surface area contributed by atoms with Gasteiger partial charge in [-0.2, -0.15) is 5.26 Å². The smallest absolute Gasteiger partial charge is 0.341 e. The molecule has 128 valence electrons. The standard InChI is InChI=1S/C19H18N2O4/c1-11-5-6-17(12(2)7-11)21-18(22)14(10-20)8-15-9-16(13(3)25-15)19(23)24-4/h5-9H,1-4H3,(H,21,22)/b14-8+. The highest BCUT2D eigenvalue weighted by atomic mass is 16.5. The van der Waals surface area contributed by atoms with Crippen LogP contribution < -0.4 is 5.32 Å². The highest BCUT2D eigenvalue weighted by molar-refractivity contribution is 6.09. The van der Waals surface area contributed by atoms with Crippen molar-refractivity contribution in [2.45, 2.75) is 20.8 Å². The predicted octanol–water partition coefficient (Wildman–Crippen LogP) is 3.54. The molecule has 1 amide bonds. The molecule has 0 aliphatic carbocycles. The molecule has 0 aliphatic rings. The van der Waals surface area contributed by atoms with E-state index in [0.29, 0.717) is 11.4 Å². The number of amides is 1. The van der Waals surface area contributed by atoms with Crippen LogP contribution in [0, 0.1) is 32.1 Å². The van der Waals surface area contributed by atoms with Gasteiger partial charge in [-0.3, -0.25) is 4.79 Å². The molecule has 0 spiro atoms. The van der Waals surface area contributed by atoms with Crippen molar-refractivity contribution in [2.75, 3.05) is 12.4 Å². The number of carbonyl (C=O) groups excluding carboxylic acids is 2. The molecule has 6 heteroatoms. The van der Waals surface area contributed by atoms with E-state index in [2.05, 4.69) is 10.1 Å². The van der Waals surface area contributed by atoms with Crippen LogP contribution in [-0.2, 0) is 9.53 Å². The molecule has 0 saturated heterocycles. The number of rotatable bonds is 4. The number of nitriles is 1. The predicted molar refractivity (Wildman–Crippen MR) is 92.9 cm³/mol. The summed E-state index contributed by atoms with van der Waals surface area (Å²) < 4.78 is 10.0. The molecule has 0 radical (unpaired) electrons. The van der Waals surface area contributed by atoms with Crippen molar-refractivity contribution in [3.05, 3.63) is 58.0 Å². The van der Waals surface area contributed by atoms with Gasteiger partial charge in [-0.15, -0.1) is 0 Å². The van der Waals surface area contributed by atoms with Gasteiger partial charge in [0.2, 0.25) is 0 Å². The molecule has 2 rings (SSSR count). The first-order valence-corrected chi connectivity index (χ1v) is 7.55. The molecule has 1 heterocycles. The van der Waals surface area contributed by atoms with Crippen molar-refractivity contribution in [1.29, 1.82) is 5.26 Å². The lowest BCUT2D eigenvalue weighted by Gasteiger charge is -2.08. The number of aryl methyl sites for hydroxylation is 3. The Morgan fingerprint density at radius 3 is 2.56 bits per heavy atom. The first-order chi connectivity index (χ1) is 11.8. The second-order valence-corrected chi connectivity index (χ2v) is 5.55. The lowest BCUT2D eigenvalue weighted by atomic mass is 10.1. The second-order valence-electron chi connectivity index (χ2n) is 5.55. The van der Waals surface area contributed by atoms with Crippen molar-refractivity contribution in [3.63, 3.8) is 0 Å². The van der Waals surface area contributed by atoms with Gasteiger partial charge < -0.3 is 14.5 Å². The minimum absolute atomic E-state index is 0.134. The molecule has 0 fully saturated rings. The molecular formula is C19H18N2O4. The molecule has 1 N–H and O–H groups in total. The fourth-order valence-corrected chi connectivity index (χ4v) is 2.32. The van der Waals surface area contributed by atoms with Crippen LogP contribution in [0.15, 0.2) is 34.3 Å². The summed E-state index contributed by atoms with van der Waals surface area (Å²) in [5.41, 5.74) is 2.72. The Balaban J connectivity index is 2.27. The van der Waals surface area contributed by atoms with Gasteiger partial charge in [-0.05, 0) is 38.5 Å². The Morgan fingerprint density at radius 1 is 1.24 bits per heavy atom. The molecule has 25 heavy (non-hydrogen) atoms. The molecule has 0 bridgehead atoms. The Kier molecular flexibility index (Phi) is 5.40. The maximum atomic E-state index is 12.3. The van der Waals surface area contributed by atoms with Gasteiger partial charge in [-0.1, -0.05) is 17.7 Å². The van der Waals surface area contributed by atoms with Crippen LogP contribution in [-0.4, -0.2) is 19.0 Å². The number of carbonyl (C=O) groups is 2. The number of nitrogens with zero attached hydrogens (tertiary/aromatic N) is 1. The Bertz CT molecular complexity index is 901. The SMILES string of the molecule is COC(=O)c1cc(/C=C(\C#N)C(=O)Nc2ccc(C)cc2C)oc1C. The highest BCUT2D eigenvalue weighted by Crippen LogP contribution is 2.20. The van der Waals surface area contributed by atoms with Gasteiger partial charge in [0.1, 0.15) is 28.7 Å². The van der Waals surface area contributed by atoms with Crippen LogP contribution in [0.2, 0.25) is 0 Å². The topological polar surface area (TPSA) is 92.3 Å². The van der Waals surface area contributed by atoms with Gasteiger partial charge in [0.05, 0.1) is 7.11 Å². The molecule has 1 aromatic carbocycles. The van der Waals surface area contributed by atoms with Crippen LogP contribution in [0.25, 0.3) is 6.08 Å². The van der Waals surface area contributed by atoms with Crippen molar-refractivity contribution < 1.29 is 18.7 Å². The normalized spacial score (nSPS) is 10.9. The molecule has 6 nitrogen and oxygen atoms in total. The van der Waals surface area contributed by atoms with Gasteiger partial charge in [-0.25, -0.2) is 4.79 Å². The summed E-state index contributed by atoms with van der Waals surface area (Å²) in [6, 6.07) is 8.87. The minimum atomic E-state index is -0.553. The van der Waals surface area contributed by atoms with E-state index < -0.39 is 11.9 Å². The lowest BCUT2D eigenvalue weighted by molar-refractivity contribution is -0.112. The third kappa shape index (κ3) is 4.15. The molecule has 0 aliphatic heterocycles. The van der Waals surface area contributed by atoms with Crippen molar-refractivity contribution in [2.24, 2.45) is 0 Å². The fourth-order valence-electron chi connectivity index (χ4n) is 2.32. The summed E-state index contributed by atoms with van der Waals surface area (Å²) in [6.45, 7) is 5.43. The third-order valence-corrected chi connectivity index (χ3v) is 3.62. The van der Waals surface area contributed by atoms with Gasteiger partial charge in [0.15, 0.2) is 0 Å². The van der Waals surface area contributed by atoms with Gasteiger partial charge in [0, 0.05) is 11.8 Å². The minimum Gasteiger partial charge on any atom is -0.465 e. The number of nitrogens with one attached hydrogen (secondary N) is 1. The van der Waals surface area contributed by atoms with E-state index in [-0.39, 0.29) is 16.9 Å². The van der Waals surface area contributed by atoms with Crippen LogP contribution in [0.5, 0.6) is 0 Å². The van der Waals surface area contributed by atoms with Crippen LogP contribution in [0.3, 0.4) is 0 Å². The van der Waals surface area contributed by atoms with Gasteiger partial charge >= 0.3 is 5.97 Å². The van der Waals surface area contributed by atoms with Gasteiger partial charge in [0.25, 0.3) is 5.91 Å². The summed E-state index contributed by atoms with van der Waals surface area (Å²) in [5.74, 6) is -0.516. The molecule has 0 saturated carbocycles. The summed E-state index contributed by atoms with van der Waals surface area (Å²) in [7, 11) is 1.27. The zero-order chi connectivity index (χ0) is 18.6. The maximum absolute atomic E-state index is 12.3. The molecule has 1 aromatic heterocycles. The number of hydrogen-bond acceptors (Lipinski definition) is 5. The summed E-state index contributed by atoms with van der Waals surface area (Å²) in [5, 5.41) is 12.0. The number of esters is 1. The Labute approximate surface area is 145 Å². The average molecular weight is 338 g/mol. The van der Waals surface area contributed by atoms with Crippen LogP contribution >= 0.6 is 0 Å². The van der Waals surface area contributed by atoms with Crippen LogP contribution in [0.1, 0.15) is 33.0 Å². The third-order valence-electron chi connectivity index (χ3n) is 3.62. The Hall–Kier alpha value is -3.33. The Morgan fingerprint density at radius 2 is 1.96 bits per heavy atom. The number of hydrogen-bond donors (Lipinski definition) is 1. The number of methoxy groups -OCH3 is 1. The number of benzene rings is 1. The number of ether oxygens (including phenoxy) is 1. The summed E-state index contributed by atoms with van der Waals surface area (Å²) >= 11 is 0. The average Bonchev–Trinajstić information content (AvgIpc) is 2.94. The largest absolute Gasteiger partial charge is 0.465 e. The zero-order valence-corrected chi connectivity index (χ0v) is 14.5. The summed E-state index contributed by atoms with van der Waals surface area (Å²) in [4.78, 5) is 23.9. The lowest BCUT2D eigenvalue weighted by Crippen LogP contribution is -2.14. The maximum Gasteiger partial charge on any atom is 0.341 e. The molecule has 0 atom stereocenters. The van der Waals surface area contributed by atoms with E-state index in [9.17, 15) is 14.9 Å².